The maximum absolute atomic E-state index is 12.8. The maximum Gasteiger partial charge on any atom is 0.416 e. The molecule has 2 aliphatic rings. The molecule has 0 unspecified atom stereocenters. The molecular weight excluding hydrogens is 484 g/mol. The van der Waals surface area contributed by atoms with Gasteiger partial charge in [-0.3, -0.25) is 14.6 Å². The molecular formula is C25H30N4O8. The van der Waals surface area contributed by atoms with E-state index in [9.17, 15) is 14.4 Å². The molecule has 198 valence electrons. The van der Waals surface area contributed by atoms with E-state index < -0.39 is 23.9 Å². The van der Waals surface area contributed by atoms with Crippen LogP contribution in [0.3, 0.4) is 0 Å². The highest BCUT2D eigenvalue weighted by molar-refractivity contribution is 5.97. The van der Waals surface area contributed by atoms with Gasteiger partial charge >= 0.3 is 12.2 Å². The van der Waals surface area contributed by atoms with E-state index in [1.807, 2.05) is 6.07 Å². The number of hydrogen-bond acceptors (Lipinski definition) is 9. The number of anilines is 2. The van der Waals surface area contributed by atoms with E-state index in [2.05, 4.69) is 10.3 Å². The lowest BCUT2D eigenvalue weighted by atomic mass is 10.1. The first-order valence-electron chi connectivity index (χ1n) is 11.7. The summed E-state index contributed by atoms with van der Waals surface area (Å²) in [6.45, 7) is 5.54. The third-order valence-electron chi connectivity index (χ3n) is 5.58. The van der Waals surface area contributed by atoms with E-state index in [0.29, 0.717) is 17.2 Å². The molecule has 2 aliphatic heterocycles. The topological polar surface area (TPSA) is 129 Å². The summed E-state index contributed by atoms with van der Waals surface area (Å²) < 4.78 is 26.9. The van der Waals surface area contributed by atoms with Crippen molar-refractivity contribution in [3.8, 4) is 17.2 Å². The predicted molar refractivity (Wildman–Crippen MR) is 132 cm³/mol. The van der Waals surface area contributed by atoms with Crippen LogP contribution < -0.4 is 29.3 Å². The molecule has 0 spiro atoms. The number of amides is 3. The van der Waals surface area contributed by atoms with E-state index in [-0.39, 0.29) is 43.8 Å². The molecule has 1 fully saturated rings. The molecule has 1 atom stereocenters. The quantitative estimate of drug-likeness (QED) is 0.593. The summed E-state index contributed by atoms with van der Waals surface area (Å²) in [6, 6.07) is 8.59. The van der Waals surface area contributed by atoms with Gasteiger partial charge in [-0.05, 0) is 45.0 Å². The molecule has 3 amide bonds. The number of cyclic esters (lactones) is 1. The minimum atomic E-state index is -0.642. The Morgan fingerprint density at radius 2 is 1.95 bits per heavy atom. The Morgan fingerprint density at radius 1 is 1.16 bits per heavy atom. The summed E-state index contributed by atoms with van der Waals surface area (Å²) in [7, 11) is 3.10. The number of ether oxygens (including phenoxy) is 5. The van der Waals surface area contributed by atoms with Gasteiger partial charge in [0.25, 0.3) is 5.91 Å². The third kappa shape index (κ3) is 5.96. The summed E-state index contributed by atoms with van der Waals surface area (Å²) in [5.41, 5.74) is 0.0991. The number of hydrogen-bond donors (Lipinski definition) is 1. The molecule has 37 heavy (non-hydrogen) atoms. The fourth-order valence-corrected chi connectivity index (χ4v) is 3.86. The predicted octanol–water partition coefficient (Wildman–Crippen LogP) is 2.87. The fraction of sp³-hybridized carbons (Fsp3) is 0.440. The molecule has 4 rings (SSSR count). The number of nitrogens with zero attached hydrogens (tertiary/aromatic N) is 3. The summed E-state index contributed by atoms with van der Waals surface area (Å²) in [5, 5.41) is 2.60. The molecule has 12 heteroatoms. The highest BCUT2D eigenvalue weighted by Crippen LogP contribution is 2.36. The number of rotatable bonds is 7. The molecule has 2 aromatic rings. The van der Waals surface area contributed by atoms with Crippen LogP contribution in [0.2, 0.25) is 0 Å². The van der Waals surface area contributed by atoms with Gasteiger partial charge in [0.05, 0.1) is 33.9 Å². The van der Waals surface area contributed by atoms with Gasteiger partial charge < -0.3 is 29.0 Å². The fourth-order valence-electron chi connectivity index (χ4n) is 3.86. The van der Waals surface area contributed by atoms with Crippen LogP contribution in [0.1, 0.15) is 26.3 Å². The summed E-state index contributed by atoms with van der Waals surface area (Å²) in [6.07, 6.45) is -1.82. The molecule has 12 nitrogen and oxygen atoms in total. The van der Waals surface area contributed by atoms with E-state index in [0.717, 1.165) is 5.56 Å². The first-order chi connectivity index (χ1) is 17.6. The van der Waals surface area contributed by atoms with Crippen LogP contribution in [0, 0.1) is 0 Å². The number of pyridine rings is 1. The zero-order chi connectivity index (χ0) is 26.7. The first-order valence-corrected chi connectivity index (χ1v) is 11.7. The number of carbonyl (C=O) groups excluding carboxylic acids is 3. The van der Waals surface area contributed by atoms with Crippen molar-refractivity contribution in [2.24, 2.45) is 0 Å². The summed E-state index contributed by atoms with van der Waals surface area (Å²) in [4.78, 5) is 44.7. The van der Waals surface area contributed by atoms with Gasteiger partial charge in [0.15, 0.2) is 18.2 Å². The van der Waals surface area contributed by atoms with Gasteiger partial charge in [0.2, 0.25) is 0 Å². The van der Waals surface area contributed by atoms with Crippen molar-refractivity contribution in [2.45, 2.75) is 39.0 Å². The monoisotopic (exact) mass is 514 g/mol. The molecule has 1 aromatic carbocycles. The number of fused-ring (bicyclic) bond motifs is 1. The van der Waals surface area contributed by atoms with Crippen LogP contribution in [0.4, 0.5) is 21.2 Å². The lowest BCUT2D eigenvalue weighted by Gasteiger charge is -2.29. The zero-order valence-electron chi connectivity index (χ0n) is 21.4. The van der Waals surface area contributed by atoms with Crippen LogP contribution in [-0.4, -0.2) is 68.7 Å². The number of nitrogens with one attached hydrogen (secondary N) is 1. The molecule has 1 aromatic heterocycles. The Balaban J connectivity index is 1.51. The molecule has 0 aliphatic carbocycles. The van der Waals surface area contributed by atoms with Crippen molar-refractivity contribution >= 4 is 29.7 Å². The normalized spacial score (nSPS) is 17.1. The van der Waals surface area contributed by atoms with Crippen molar-refractivity contribution in [3.63, 3.8) is 0 Å². The Labute approximate surface area is 214 Å². The van der Waals surface area contributed by atoms with Crippen molar-refractivity contribution in [3.05, 3.63) is 35.9 Å². The molecule has 3 heterocycles. The van der Waals surface area contributed by atoms with Crippen LogP contribution >= 0.6 is 0 Å². The third-order valence-corrected chi connectivity index (χ3v) is 5.58. The highest BCUT2D eigenvalue weighted by atomic mass is 16.6. The van der Waals surface area contributed by atoms with Crippen molar-refractivity contribution < 1.29 is 38.1 Å². The number of aromatic nitrogens is 1. The zero-order valence-corrected chi connectivity index (χ0v) is 21.4. The van der Waals surface area contributed by atoms with Gasteiger partial charge in [-0.25, -0.2) is 14.6 Å². The standard InChI is InChI=1S/C25H30N4O8/c1-25(2,3)37-23(31)26-11-17-13-28(24(32)36-17)20-9-8-18-22(27-20)29(21(30)14-35-18)12-15-6-7-16(33-4)10-19(15)34-5/h6-10,17H,11-14H2,1-5H3,(H,26,31)/t17-/m1/s1. The van der Waals surface area contributed by atoms with E-state index in [4.69, 9.17) is 23.7 Å². The highest BCUT2D eigenvalue weighted by Gasteiger charge is 2.36. The molecule has 0 saturated carbocycles. The molecule has 0 radical (unpaired) electrons. The van der Waals surface area contributed by atoms with Crippen LogP contribution in [0.15, 0.2) is 30.3 Å². The molecule has 1 saturated heterocycles. The smallest absolute Gasteiger partial charge is 0.416 e. The van der Waals surface area contributed by atoms with Gasteiger partial charge in [-0.15, -0.1) is 0 Å². The van der Waals surface area contributed by atoms with Crippen molar-refractivity contribution in [1.29, 1.82) is 0 Å². The number of alkyl carbamates (subject to hydrolysis) is 1. The second-order valence-electron chi connectivity index (χ2n) is 9.44. The lowest BCUT2D eigenvalue weighted by Crippen LogP contribution is -2.39. The average molecular weight is 515 g/mol. The summed E-state index contributed by atoms with van der Waals surface area (Å²) >= 11 is 0. The Hall–Kier alpha value is -4.22. The Kier molecular flexibility index (Phi) is 7.28. The van der Waals surface area contributed by atoms with Crippen LogP contribution in [0.25, 0.3) is 0 Å². The van der Waals surface area contributed by atoms with Gasteiger partial charge in [0.1, 0.15) is 29.0 Å². The van der Waals surface area contributed by atoms with Gasteiger partial charge in [0, 0.05) is 11.6 Å². The van der Waals surface area contributed by atoms with Crippen LogP contribution in [0.5, 0.6) is 17.2 Å². The first kappa shape index (κ1) is 25.9. The second kappa shape index (κ2) is 10.4. The Bertz CT molecular complexity index is 1200. The number of benzene rings is 1. The van der Waals surface area contributed by atoms with Crippen LogP contribution in [-0.2, 0) is 20.8 Å². The number of carbonyl (C=O) groups is 3. The maximum atomic E-state index is 12.8. The Morgan fingerprint density at radius 3 is 2.65 bits per heavy atom. The minimum absolute atomic E-state index is 0.0765. The van der Waals surface area contributed by atoms with Gasteiger partial charge in [-0.2, -0.15) is 0 Å². The van der Waals surface area contributed by atoms with Crippen molar-refractivity contribution in [1.82, 2.24) is 10.3 Å². The largest absolute Gasteiger partial charge is 0.497 e. The summed E-state index contributed by atoms with van der Waals surface area (Å²) in [5.74, 6) is 1.85. The minimum Gasteiger partial charge on any atom is -0.497 e. The van der Waals surface area contributed by atoms with Crippen molar-refractivity contribution in [2.75, 3.05) is 43.7 Å². The van der Waals surface area contributed by atoms with Gasteiger partial charge in [-0.1, -0.05) is 0 Å². The SMILES string of the molecule is COc1ccc(CN2C(=O)COc3ccc(N4C[C@@H](CNC(=O)OC(C)(C)C)OC4=O)nc32)c(OC)c1. The average Bonchev–Trinajstić information content (AvgIpc) is 3.23. The second-order valence-corrected chi connectivity index (χ2v) is 9.44. The van der Waals surface area contributed by atoms with E-state index in [1.165, 1.54) is 16.9 Å². The van der Waals surface area contributed by atoms with E-state index in [1.54, 1.807) is 52.1 Å². The number of methoxy groups -OCH3 is 2. The lowest BCUT2D eigenvalue weighted by molar-refractivity contribution is -0.121. The molecule has 0 bridgehead atoms. The van der Waals surface area contributed by atoms with E-state index >= 15 is 0 Å². The molecule has 1 N–H and O–H groups in total.